The van der Waals surface area contributed by atoms with Crippen LogP contribution in [0, 0.1) is 12.8 Å². The number of rotatable bonds is 12. The normalized spacial score (nSPS) is 13.2. The highest BCUT2D eigenvalue weighted by Crippen LogP contribution is 2.25. The molecule has 1 heterocycles. The highest BCUT2D eigenvalue weighted by atomic mass is 16.1. The Balaban J connectivity index is 2.01. The molecule has 0 aliphatic carbocycles. The predicted octanol–water partition coefficient (Wildman–Crippen LogP) is 4.79. The summed E-state index contributed by atoms with van der Waals surface area (Å²) >= 11 is 0. The van der Waals surface area contributed by atoms with E-state index in [-0.39, 0.29) is 23.7 Å². The van der Waals surface area contributed by atoms with E-state index in [4.69, 9.17) is 0 Å². The molecule has 32 heavy (non-hydrogen) atoms. The number of nitrogens with one attached hydrogen (secondary N) is 1. The van der Waals surface area contributed by atoms with Crippen LogP contribution in [0.4, 0.5) is 0 Å². The number of ketones is 1. The molecular weight excluding hydrogens is 398 g/mol. The summed E-state index contributed by atoms with van der Waals surface area (Å²) in [4.78, 5) is 31.4. The Hall–Kier alpha value is -2.53. The molecule has 0 spiro atoms. The first-order valence-electron chi connectivity index (χ1n) is 11.7. The van der Waals surface area contributed by atoms with Crippen LogP contribution in [0.2, 0.25) is 0 Å². The fourth-order valence-electron chi connectivity index (χ4n) is 4.02. The molecule has 1 amide bonds. The lowest BCUT2D eigenvalue weighted by atomic mass is 9.90. The Morgan fingerprint density at radius 2 is 1.88 bits per heavy atom. The van der Waals surface area contributed by atoms with Crippen molar-refractivity contribution in [2.75, 3.05) is 20.6 Å². The zero-order valence-corrected chi connectivity index (χ0v) is 20.5. The lowest BCUT2D eigenvalue weighted by Gasteiger charge is -2.26. The Labute approximate surface area is 193 Å². The van der Waals surface area contributed by atoms with Gasteiger partial charge in [0.25, 0.3) is 0 Å². The summed E-state index contributed by atoms with van der Waals surface area (Å²) in [6.45, 7) is 8.87. The van der Waals surface area contributed by atoms with E-state index in [1.54, 1.807) is 6.20 Å². The number of benzene rings is 1. The number of nitrogens with zero attached hydrogens (tertiary/aromatic N) is 2. The number of carbonyl (C=O) groups excluding carboxylic acids is 2. The number of aryl methyl sites for hydroxylation is 1. The zero-order chi connectivity index (χ0) is 23.7. The summed E-state index contributed by atoms with van der Waals surface area (Å²) in [6.07, 6.45) is 4.51. The summed E-state index contributed by atoms with van der Waals surface area (Å²) < 4.78 is 0. The van der Waals surface area contributed by atoms with E-state index in [2.05, 4.69) is 42.0 Å². The number of carbonyl (C=O) groups is 2. The molecule has 0 saturated heterocycles. The van der Waals surface area contributed by atoms with Crippen LogP contribution in [-0.4, -0.2) is 48.3 Å². The lowest BCUT2D eigenvalue weighted by molar-refractivity contribution is -0.121. The van der Waals surface area contributed by atoms with Gasteiger partial charge in [-0.05, 0) is 69.1 Å². The molecular formula is C27H39N3O2. The quantitative estimate of drug-likeness (QED) is 0.485. The summed E-state index contributed by atoms with van der Waals surface area (Å²) in [5.74, 6) is 0.850. The number of hydrogen-bond donors (Lipinski definition) is 1. The van der Waals surface area contributed by atoms with Gasteiger partial charge < -0.3 is 10.2 Å². The van der Waals surface area contributed by atoms with Gasteiger partial charge in [0, 0.05) is 48.8 Å². The summed E-state index contributed by atoms with van der Waals surface area (Å²) in [6, 6.07) is 12.0. The average Bonchev–Trinajstić information content (AvgIpc) is 2.76. The molecule has 0 bridgehead atoms. The van der Waals surface area contributed by atoms with E-state index < -0.39 is 0 Å². The largest absolute Gasteiger partial charge is 0.355 e. The summed E-state index contributed by atoms with van der Waals surface area (Å²) in [5, 5.41) is 3.15. The first-order chi connectivity index (χ1) is 15.2. The van der Waals surface area contributed by atoms with Crippen LogP contribution >= 0.6 is 0 Å². The smallest absolute Gasteiger partial charge is 0.220 e. The third kappa shape index (κ3) is 7.86. The topological polar surface area (TPSA) is 62.3 Å². The van der Waals surface area contributed by atoms with Gasteiger partial charge in [0.2, 0.25) is 5.91 Å². The SMILES string of the molecule is CCC(=O)c1ccc(C[C@@H](CNC(=O)C[C@@H](CC(C)C)c2ccccn2)N(C)C)c(C)c1. The van der Waals surface area contributed by atoms with Crippen molar-refractivity contribution in [3.05, 3.63) is 65.0 Å². The number of amides is 1. The summed E-state index contributed by atoms with van der Waals surface area (Å²) in [7, 11) is 4.08. The van der Waals surface area contributed by atoms with Crippen molar-refractivity contribution in [2.45, 2.75) is 65.3 Å². The molecule has 5 nitrogen and oxygen atoms in total. The monoisotopic (exact) mass is 437 g/mol. The maximum Gasteiger partial charge on any atom is 0.220 e. The minimum atomic E-state index is 0.0637. The molecule has 0 radical (unpaired) electrons. The van der Waals surface area contributed by atoms with Gasteiger partial charge in [-0.3, -0.25) is 14.6 Å². The highest BCUT2D eigenvalue weighted by Gasteiger charge is 2.20. The van der Waals surface area contributed by atoms with Gasteiger partial charge in [0.1, 0.15) is 0 Å². The fraction of sp³-hybridized carbons (Fsp3) is 0.519. The van der Waals surface area contributed by atoms with Gasteiger partial charge in [-0.1, -0.05) is 39.0 Å². The van der Waals surface area contributed by atoms with Crippen molar-refractivity contribution in [2.24, 2.45) is 5.92 Å². The molecule has 0 unspecified atom stereocenters. The Kier molecular flexibility index (Phi) is 10.0. The van der Waals surface area contributed by atoms with Crippen LogP contribution < -0.4 is 5.32 Å². The fourth-order valence-corrected chi connectivity index (χ4v) is 4.02. The Morgan fingerprint density at radius 3 is 2.44 bits per heavy atom. The van der Waals surface area contributed by atoms with Gasteiger partial charge in [0.15, 0.2) is 5.78 Å². The maximum absolute atomic E-state index is 12.8. The van der Waals surface area contributed by atoms with E-state index >= 15 is 0 Å². The second-order valence-corrected chi connectivity index (χ2v) is 9.33. The Morgan fingerprint density at radius 1 is 1.12 bits per heavy atom. The number of pyridine rings is 1. The molecule has 2 aromatic rings. The van der Waals surface area contributed by atoms with Gasteiger partial charge in [-0.25, -0.2) is 0 Å². The van der Waals surface area contributed by atoms with Crippen LogP contribution in [0.5, 0.6) is 0 Å². The summed E-state index contributed by atoms with van der Waals surface area (Å²) in [5.41, 5.74) is 4.08. The van der Waals surface area contributed by atoms with Crippen LogP contribution in [0.1, 0.15) is 73.1 Å². The van der Waals surface area contributed by atoms with Crippen molar-refractivity contribution in [1.82, 2.24) is 15.2 Å². The molecule has 0 fully saturated rings. The van der Waals surface area contributed by atoms with Gasteiger partial charge in [-0.2, -0.15) is 0 Å². The van der Waals surface area contributed by atoms with Crippen molar-refractivity contribution in [1.29, 1.82) is 0 Å². The van der Waals surface area contributed by atoms with E-state index in [0.29, 0.717) is 25.3 Å². The van der Waals surface area contributed by atoms with Crippen molar-refractivity contribution in [3.8, 4) is 0 Å². The second-order valence-electron chi connectivity index (χ2n) is 9.33. The van der Waals surface area contributed by atoms with Crippen molar-refractivity contribution in [3.63, 3.8) is 0 Å². The van der Waals surface area contributed by atoms with E-state index in [0.717, 1.165) is 29.7 Å². The van der Waals surface area contributed by atoms with Gasteiger partial charge in [-0.15, -0.1) is 0 Å². The molecule has 1 aromatic carbocycles. The van der Waals surface area contributed by atoms with Gasteiger partial charge in [0.05, 0.1) is 0 Å². The molecule has 2 atom stereocenters. The van der Waals surface area contributed by atoms with Crippen LogP contribution in [0.25, 0.3) is 0 Å². The van der Waals surface area contributed by atoms with Gasteiger partial charge >= 0.3 is 0 Å². The Bertz CT molecular complexity index is 878. The first kappa shape index (κ1) is 25.7. The molecule has 174 valence electrons. The molecule has 0 aliphatic heterocycles. The first-order valence-corrected chi connectivity index (χ1v) is 11.7. The lowest BCUT2D eigenvalue weighted by Crippen LogP contribution is -2.42. The molecule has 0 aliphatic rings. The molecule has 2 rings (SSSR count). The number of likely N-dealkylation sites (N-methyl/N-ethyl adjacent to an activating group) is 1. The standard InChI is InChI=1S/C27H39N3O2/c1-7-26(31)22-12-11-21(20(4)15-22)16-24(30(5)6)18-29-27(32)17-23(14-19(2)3)25-10-8-9-13-28-25/h8-13,15,19,23-24H,7,14,16-18H2,1-6H3,(H,29,32)/t23-,24+/m1/s1. The van der Waals surface area contributed by atoms with E-state index in [1.807, 2.05) is 51.4 Å². The number of Topliss-reactive ketones (excluding diaryl/α,β-unsaturated/α-hetero) is 1. The van der Waals surface area contributed by atoms with Crippen LogP contribution in [0.15, 0.2) is 42.6 Å². The molecule has 1 aromatic heterocycles. The predicted molar refractivity (Wildman–Crippen MR) is 131 cm³/mol. The molecule has 5 heteroatoms. The number of aromatic nitrogens is 1. The van der Waals surface area contributed by atoms with Crippen molar-refractivity contribution < 1.29 is 9.59 Å². The van der Waals surface area contributed by atoms with Crippen LogP contribution in [0.3, 0.4) is 0 Å². The van der Waals surface area contributed by atoms with Crippen LogP contribution in [-0.2, 0) is 11.2 Å². The minimum absolute atomic E-state index is 0.0637. The number of hydrogen-bond acceptors (Lipinski definition) is 4. The van der Waals surface area contributed by atoms with Crippen molar-refractivity contribution >= 4 is 11.7 Å². The third-order valence-corrected chi connectivity index (χ3v) is 6.00. The second kappa shape index (κ2) is 12.5. The minimum Gasteiger partial charge on any atom is -0.355 e. The maximum atomic E-state index is 12.8. The third-order valence-electron chi connectivity index (χ3n) is 6.00. The average molecular weight is 438 g/mol. The zero-order valence-electron chi connectivity index (χ0n) is 20.5. The van der Waals surface area contributed by atoms with E-state index in [1.165, 1.54) is 5.56 Å². The highest BCUT2D eigenvalue weighted by molar-refractivity contribution is 5.96. The molecule has 0 saturated carbocycles. The van der Waals surface area contributed by atoms with E-state index in [9.17, 15) is 9.59 Å². The molecule has 1 N–H and O–H groups in total.